The average Bonchev–Trinajstić information content (AvgIpc) is 3.01. The molecule has 0 bridgehead atoms. The van der Waals surface area contributed by atoms with Crippen LogP contribution in [0.3, 0.4) is 0 Å². The SMILES string of the molecule is CCCOc1ccc(CCNS(=O)(=O)c2cccs2)cc1. The minimum Gasteiger partial charge on any atom is -0.494 e. The molecular weight excluding hydrogens is 306 g/mol. The van der Waals surface area contributed by atoms with Crippen LogP contribution in [0.4, 0.5) is 0 Å². The number of hydrogen-bond acceptors (Lipinski definition) is 4. The normalized spacial score (nSPS) is 11.5. The molecule has 0 saturated carbocycles. The van der Waals surface area contributed by atoms with Gasteiger partial charge in [-0.15, -0.1) is 11.3 Å². The fourth-order valence-electron chi connectivity index (χ4n) is 1.79. The second-order valence-electron chi connectivity index (χ2n) is 4.57. The molecule has 0 saturated heterocycles. The van der Waals surface area contributed by atoms with Crippen molar-refractivity contribution in [3.8, 4) is 5.75 Å². The monoisotopic (exact) mass is 325 g/mol. The van der Waals surface area contributed by atoms with E-state index < -0.39 is 10.0 Å². The summed E-state index contributed by atoms with van der Waals surface area (Å²) < 4.78 is 32.3. The summed E-state index contributed by atoms with van der Waals surface area (Å²) in [6, 6.07) is 11.1. The summed E-state index contributed by atoms with van der Waals surface area (Å²) in [6.45, 7) is 3.16. The fraction of sp³-hybridized carbons (Fsp3) is 0.333. The minimum atomic E-state index is -3.36. The molecule has 114 valence electrons. The Bertz CT molecular complexity index is 634. The van der Waals surface area contributed by atoms with Gasteiger partial charge in [0.15, 0.2) is 0 Å². The van der Waals surface area contributed by atoms with Crippen LogP contribution in [-0.2, 0) is 16.4 Å². The molecule has 0 aliphatic carbocycles. The first-order chi connectivity index (χ1) is 10.1. The average molecular weight is 325 g/mol. The van der Waals surface area contributed by atoms with Crippen LogP contribution in [0.5, 0.6) is 5.75 Å². The summed E-state index contributed by atoms with van der Waals surface area (Å²) in [4.78, 5) is 0. The number of benzene rings is 1. The van der Waals surface area contributed by atoms with E-state index >= 15 is 0 Å². The van der Waals surface area contributed by atoms with Gasteiger partial charge in [-0.2, -0.15) is 0 Å². The van der Waals surface area contributed by atoms with Crippen molar-refractivity contribution in [2.75, 3.05) is 13.2 Å². The van der Waals surface area contributed by atoms with Crippen molar-refractivity contribution < 1.29 is 13.2 Å². The van der Waals surface area contributed by atoms with Gasteiger partial charge >= 0.3 is 0 Å². The Morgan fingerprint density at radius 1 is 1.19 bits per heavy atom. The van der Waals surface area contributed by atoms with Crippen molar-refractivity contribution >= 4 is 21.4 Å². The number of sulfonamides is 1. The maximum Gasteiger partial charge on any atom is 0.250 e. The molecule has 21 heavy (non-hydrogen) atoms. The predicted molar refractivity (Wildman–Crippen MR) is 85.4 cm³/mol. The van der Waals surface area contributed by atoms with Crippen LogP contribution in [0.1, 0.15) is 18.9 Å². The highest BCUT2D eigenvalue weighted by Gasteiger charge is 2.13. The van der Waals surface area contributed by atoms with Crippen molar-refractivity contribution in [1.82, 2.24) is 4.72 Å². The number of ether oxygens (including phenoxy) is 1. The first-order valence-electron chi connectivity index (χ1n) is 6.87. The lowest BCUT2D eigenvalue weighted by Gasteiger charge is -2.07. The van der Waals surface area contributed by atoms with Gasteiger partial charge in [-0.1, -0.05) is 25.1 Å². The molecule has 0 radical (unpaired) electrons. The van der Waals surface area contributed by atoms with E-state index in [0.29, 0.717) is 23.8 Å². The second-order valence-corrected chi connectivity index (χ2v) is 7.51. The Hall–Kier alpha value is -1.37. The van der Waals surface area contributed by atoms with Gasteiger partial charge in [0.05, 0.1) is 6.61 Å². The lowest BCUT2D eigenvalue weighted by atomic mass is 10.1. The molecular formula is C15H19NO3S2. The number of rotatable bonds is 8. The van der Waals surface area contributed by atoms with E-state index in [-0.39, 0.29) is 0 Å². The van der Waals surface area contributed by atoms with E-state index in [0.717, 1.165) is 17.7 Å². The van der Waals surface area contributed by atoms with Crippen LogP contribution >= 0.6 is 11.3 Å². The highest BCUT2D eigenvalue weighted by molar-refractivity contribution is 7.91. The van der Waals surface area contributed by atoms with Crippen molar-refractivity contribution in [3.63, 3.8) is 0 Å². The topological polar surface area (TPSA) is 55.4 Å². The van der Waals surface area contributed by atoms with Gasteiger partial charge in [0.1, 0.15) is 9.96 Å². The molecule has 0 aliphatic heterocycles. The predicted octanol–water partition coefficient (Wildman–Crippen LogP) is 3.06. The maximum absolute atomic E-state index is 11.9. The Kier molecular flexibility index (Phi) is 5.78. The molecule has 4 nitrogen and oxygen atoms in total. The van der Waals surface area contributed by atoms with Gasteiger partial charge in [0.25, 0.3) is 0 Å². The molecule has 0 aliphatic rings. The molecule has 6 heteroatoms. The standard InChI is InChI=1S/C15H19NO3S2/c1-2-11-19-14-7-5-13(6-8-14)9-10-16-21(17,18)15-4-3-12-20-15/h3-8,12,16H,2,9-11H2,1H3. The van der Waals surface area contributed by atoms with Crippen molar-refractivity contribution in [3.05, 3.63) is 47.3 Å². The zero-order valence-electron chi connectivity index (χ0n) is 11.9. The third-order valence-corrected chi connectivity index (χ3v) is 5.72. The molecule has 2 aromatic rings. The highest BCUT2D eigenvalue weighted by Crippen LogP contribution is 2.16. The Balaban J connectivity index is 1.83. The van der Waals surface area contributed by atoms with Gasteiger partial charge in [-0.25, -0.2) is 13.1 Å². The smallest absolute Gasteiger partial charge is 0.250 e. The molecule has 1 N–H and O–H groups in total. The molecule has 0 unspecified atom stereocenters. The van der Waals surface area contributed by atoms with Crippen molar-refractivity contribution in [1.29, 1.82) is 0 Å². The number of thiophene rings is 1. The van der Waals surface area contributed by atoms with Gasteiger partial charge in [-0.3, -0.25) is 0 Å². The molecule has 0 fully saturated rings. The lowest BCUT2D eigenvalue weighted by Crippen LogP contribution is -2.25. The molecule has 2 rings (SSSR count). The lowest BCUT2D eigenvalue weighted by molar-refractivity contribution is 0.317. The van der Waals surface area contributed by atoms with Gasteiger partial charge in [0.2, 0.25) is 10.0 Å². The molecule has 1 heterocycles. The third kappa shape index (κ3) is 4.84. The van der Waals surface area contributed by atoms with E-state index in [4.69, 9.17) is 4.74 Å². The molecule has 0 spiro atoms. The molecule has 0 atom stereocenters. The summed E-state index contributed by atoms with van der Waals surface area (Å²) in [7, 11) is -3.36. The first kappa shape index (κ1) is 16.0. The van der Waals surface area contributed by atoms with Gasteiger partial charge < -0.3 is 4.74 Å². The summed E-state index contributed by atoms with van der Waals surface area (Å²) in [5.74, 6) is 0.847. The van der Waals surface area contributed by atoms with Crippen LogP contribution in [0, 0.1) is 0 Å². The summed E-state index contributed by atoms with van der Waals surface area (Å²) in [6.07, 6.45) is 1.63. The van der Waals surface area contributed by atoms with Crippen LogP contribution in [0.2, 0.25) is 0 Å². The Morgan fingerprint density at radius 2 is 1.95 bits per heavy atom. The zero-order valence-corrected chi connectivity index (χ0v) is 13.5. The van der Waals surface area contributed by atoms with Crippen molar-refractivity contribution in [2.45, 2.75) is 24.0 Å². The zero-order chi connectivity index (χ0) is 15.1. The van der Waals surface area contributed by atoms with Crippen LogP contribution in [0.15, 0.2) is 46.0 Å². The maximum atomic E-state index is 11.9. The van der Waals surface area contributed by atoms with Gasteiger partial charge in [0, 0.05) is 6.54 Å². The van der Waals surface area contributed by atoms with Crippen LogP contribution in [0.25, 0.3) is 0 Å². The van der Waals surface area contributed by atoms with E-state index in [1.807, 2.05) is 24.3 Å². The van der Waals surface area contributed by atoms with Crippen LogP contribution < -0.4 is 9.46 Å². The van der Waals surface area contributed by atoms with Crippen LogP contribution in [-0.4, -0.2) is 21.6 Å². The van der Waals surface area contributed by atoms with Crippen molar-refractivity contribution in [2.24, 2.45) is 0 Å². The van der Waals surface area contributed by atoms with E-state index in [1.165, 1.54) is 11.3 Å². The number of nitrogens with one attached hydrogen (secondary N) is 1. The Labute approximate surface area is 129 Å². The fourth-order valence-corrected chi connectivity index (χ4v) is 3.86. The number of hydrogen-bond donors (Lipinski definition) is 1. The summed E-state index contributed by atoms with van der Waals surface area (Å²) in [5, 5.41) is 1.75. The van der Waals surface area contributed by atoms with E-state index in [1.54, 1.807) is 17.5 Å². The van der Waals surface area contributed by atoms with Gasteiger partial charge in [-0.05, 0) is 42.0 Å². The summed E-state index contributed by atoms with van der Waals surface area (Å²) in [5.41, 5.74) is 1.08. The largest absolute Gasteiger partial charge is 0.494 e. The minimum absolute atomic E-state index is 0.353. The third-order valence-electron chi connectivity index (χ3n) is 2.86. The highest BCUT2D eigenvalue weighted by atomic mass is 32.2. The first-order valence-corrected chi connectivity index (χ1v) is 9.23. The molecule has 1 aromatic heterocycles. The van der Waals surface area contributed by atoms with E-state index in [9.17, 15) is 8.42 Å². The Morgan fingerprint density at radius 3 is 2.57 bits per heavy atom. The summed E-state index contributed by atoms with van der Waals surface area (Å²) >= 11 is 1.22. The van der Waals surface area contributed by atoms with E-state index in [2.05, 4.69) is 11.6 Å². The molecule has 1 aromatic carbocycles. The quantitative estimate of drug-likeness (QED) is 0.811. The molecule has 0 amide bonds. The second kappa shape index (κ2) is 7.59.